The number of nitrogens with zero attached hydrogens (tertiary/aromatic N) is 2. The van der Waals surface area contributed by atoms with Gasteiger partial charge in [-0.3, -0.25) is 29.6 Å². The summed E-state index contributed by atoms with van der Waals surface area (Å²) < 4.78 is 6.36. The second kappa shape index (κ2) is 5.75. The molecular formula is C10H11N5O4S. The fraction of sp³-hybridized carbons (Fsp3) is 0.200. The van der Waals surface area contributed by atoms with Gasteiger partial charge in [-0.1, -0.05) is 11.8 Å². The van der Waals surface area contributed by atoms with Crippen LogP contribution in [0.1, 0.15) is 16.1 Å². The summed E-state index contributed by atoms with van der Waals surface area (Å²) in [7, 11) is 1.55. The van der Waals surface area contributed by atoms with E-state index in [1.807, 2.05) is 5.43 Å². The van der Waals surface area contributed by atoms with Crippen LogP contribution in [-0.4, -0.2) is 20.7 Å². The maximum atomic E-state index is 11.4. The van der Waals surface area contributed by atoms with Gasteiger partial charge in [0.2, 0.25) is 0 Å². The summed E-state index contributed by atoms with van der Waals surface area (Å²) in [6.07, 6.45) is 1.36. The molecule has 0 unspecified atom stereocenters. The van der Waals surface area contributed by atoms with Crippen molar-refractivity contribution in [3.05, 3.63) is 44.4 Å². The summed E-state index contributed by atoms with van der Waals surface area (Å²) in [5.41, 5.74) is 0.918. The number of aromatic amines is 1. The van der Waals surface area contributed by atoms with E-state index in [2.05, 4.69) is 10.1 Å². The Morgan fingerprint density at radius 2 is 2.35 bits per heavy atom. The summed E-state index contributed by atoms with van der Waals surface area (Å²) in [5, 5.41) is 2.64. The average molecular weight is 297 g/mol. The van der Waals surface area contributed by atoms with Crippen LogP contribution in [0.2, 0.25) is 0 Å². The predicted molar refractivity (Wildman–Crippen MR) is 70.0 cm³/mol. The van der Waals surface area contributed by atoms with Crippen LogP contribution in [0.25, 0.3) is 0 Å². The lowest BCUT2D eigenvalue weighted by Gasteiger charge is -2.05. The van der Waals surface area contributed by atoms with Gasteiger partial charge in [0, 0.05) is 18.4 Å². The van der Waals surface area contributed by atoms with E-state index in [1.165, 1.54) is 22.7 Å². The fourth-order valence-corrected chi connectivity index (χ4v) is 2.34. The molecule has 0 saturated carbocycles. The number of hydrazine groups is 1. The van der Waals surface area contributed by atoms with Crippen LogP contribution in [-0.2, 0) is 12.8 Å². The first-order chi connectivity index (χ1) is 9.52. The Labute approximate surface area is 116 Å². The van der Waals surface area contributed by atoms with Gasteiger partial charge in [-0.25, -0.2) is 5.84 Å². The molecule has 0 spiro atoms. The van der Waals surface area contributed by atoms with Crippen molar-refractivity contribution in [3.8, 4) is 0 Å². The molecule has 0 aliphatic carbocycles. The van der Waals surface area contributed by atoms with E-state index >= 15 is 0 Å². The summed E-state index contributed by atoms with van der Waals surface area (Å²) in [6, 6.07) is 1.61. The van der Waals surface area contributed by atoms with Gasteiger partial charge in [0.25, 0.3) is 0 Å². The van der Waals surface area contributed by atoms with Crippen molar-refractivity contribution in [2.45, 2.75) is 10.9 Å². The molecule has 2 rings (SSSR count). The third-order valence-electron chi connectivity index (χ3n) is 2.39. The molecular weight excluding hydrogens is 286 g/mol. The number of hydrogen-bond acceptors (Lipinski definition) is 7. The Hall–Kier alpha value is -2.33. The van der Waals surface area contributed by atoms with Gasteiger partial charge in [-0.05, 0) is 6.07 Å². The first kappa shape index (κ1) is 14.1. The molecule has 0 atom stereocenters. The fourth-order valence-electron chi connectivity index (χ4n) is 1.45. The first-order valence-electron chi connectivity index (χ1n) is 5.40. The zero-order valence-corrected chi connectivity index (χ0v) is 11.2. The number of nitrogens with one attached hydrogen (secondary N) is 2. The summed E-state index contributed by atoms with van der Waals surface area (Å²) in [5.74, 6) is 4.91. The number of carbonyl (C=O) groups excluding carboxylic acids is 1. The Morgan fingerprint density at radius 1 is 1.60 bits per heavy atom. The van der Waals surface area contributed by atoms with Crippen LogP contribution in [0.4, 0.5) is 0 Å². The zero-order valence-electron chi connectivity index (χ0n) is 10.4. The molecule has 0 radical (unpaired) electrons. The normalized spacial score (nSPS) is 10.5. The minimum atomic E-state index is -0.863. The smallest absolute Gasteiger partial charge is 0.339 e. The van der Waals surface area contributed by atoms with E-state index < -0.39 is 17.0 Å². The number of nitrogens with two attached hydrogens (primary N) is 1. The molecule has 2 aromatic heterocycles. The highest BCUT2D eigenvalue weighted by Crippen LogP contribution is 2.22. The molecule has 1 amide bonds. The van der Waals surface area contributed by atoms with Gasteiger partial charge in [-0.2, -0.15) is 4.98 Å². The molecule has 106 valence electrons. The second-order valence-corrected chi connectivity index (χ2v) is 4.68. The summed E-state index contributed by atoms with van der Waals surface area (Å²) in [6.45, 7) is 0. The maximum Gasteiger partial charge on any atom is 0.339 e. The van der Waals surface area contributed by atoms with Gasteiger partial charge < -0.3 is 4.42 Å². The second-order valence-electron chi connectivity index (χ2n) is 3.74. The molecule has 0 bridgehead atoms. The predicted octanol–water partition coefficient (Wildman–Crippen LogP) is -1.04. The van der Waals surface area contributed by atoms with Crippen molar-refractivity contribution in [1.82, 2.24) is 20.2 Å². The van der Waals surface area contributed by atoms with Crippen molar-refractivity contribution in [2.24, 2.45) is 12.9 Å². The number of nitrogen functional groups attached to an aromatic ring is 1. The van der Waals surface area contributed by atoms with Crippen molar-refractivity contribution >= 4 is 17.7 Å². The number of amides is 1. The molecule has 0 aliphatic rings. The highest BCUT2D eigenvalue weighted by Gasteiger charge is 2.15. The highest BCUT2D eigenvalue weighted by molar-refractivity contribution is 7.98. The molecule has 2 heterocycles. The lowest BCUT2D eigenvalue weighted by molar-refractivity contribution is 0.0925. The van der Waals surface area contributed by atoms with Crippen LogP contribution < -0.4 is 22.4 Å². The number of rotatable bonds is 4. The number of aryl methyl sites for hydroxylation is 1. The van der Waals surface area contributed by atoms with Gasteiger partial charge in [0.05, 0.1) is 6.26 Å². The summed E-state index contributed by atoms with van der Waals surface area (Å²) >= 11 is 1.17. The minimum Gasteiger partial charge on any atom is -0.459 e. The van der Waals surface area contributed by atoms with E-state index in [4.69, 9.17) is 10.3 Å². The standard InChI is InChI=1S/C10H11N5O4S/c1-15-10(12-8(17)9(18)14-15)20-4-5-2-3-19-6(5)7(16)13-11/h2-3H,4,11H2,1H3,(H,13,16)(H,14,18). The molecule has 0 saturated heterocycles. The van der Waals surface area contributed by atoms with E-state index in [-0.39, 0.29) is 5.76 Å². The SMILES string of the molecule is Cn1[nH]c(=O)c(=O)nc1SCc1ccoc1C(=O)NN. The van der Waals surface area contributed by atoms with Crippen molar-refractivity contribution in [3.63, 3.8) is 0 Å². The van der Waals surface area contributed by atoms with Crippen molar-refractivity contribution < 1.29 is 9.21 Å². The van der Waals surface area contributed by atoms with E-state index in [9.17, 15) is 14.4 Å². The molecule has 4 N–H and O–H groups in total. The lowest BCUT2D eigenvalue weighted by Crippen LogP contribution is -2.33. The third kappa shape index (κ3) is 2.81. The number of hydrogen-bond donors (Lipinski definition) is 3. The molecule has 0 aromatic carbocycles. The molecule has 9 nitrogen and oxygen atoms in total. The number of furan rings is 1. The monoisotopic (exact) mass is 297 g/mol. The van der Waals surface area contributed by atoms with Gasteiger partial charge in [0.15, 0.2) is 10.9 Å². The van der Waals surface area contributed by atoms with Gasteiger partial charge in [-0.15, -0.1) is 0 Å². The Bertz CT molecular complexity index is 747. The topological polar surface area (TPSA) is 136 Å². The lowest BCUT2D eigenvalue weighted by atomic mass is 10.3. The number of carbonyl (C=O) groups is 1. The number of H-pyrrole nitrogens is 1. The van der Waals surface area contributed by atoms with Crippen LogP contribution in [0, 0.1) is 0 Å². The Morgan fingerprint density at radius 3 is 3.05 bits per heavy atom. The van der Waals surface area contributed by atoms with Crippen LogP contribution in [0.3, 0.4) is 0 Å². The average Bonchev–Trinajstić information content (AvgIpc) is 2.89. The minimum absolute atomic E-state index is 0.0921. The maximum absolute atomic E-state index is 11.4. The summed E-state index contributed by atoms with van der Waals surface area (Å²) in [4.78, 5) is 37.3. The third-order valence-corrected chi connectivity index (χ3v) is 3.47. The largest absolute Gasteiger partial charge is 0.459 e. The molecule has 20 heavy (non-hydrogen) atoms. The Kier molecular flexibility index (Phi) is 4.05. The van der Waals surface area contributed by atoms with Crippen LogP contribution in [0.5, 0.6) is 0 Å². The molecule has 0 fully saturated rings. The van der Waals surface area contributed by atoms with Gasteiger partial charge in [0.1, 0.15) is 0 Å². The molecule has 10 heteroatoms. The molecule has 2 aromatic rings. The quantitative estimate of drug-likeness (QED) is 0.215. The number of aromatic nitrogens is 3. The van der Waals surface area contributed by atoms with E-state index in [0.29, 0.717) is 16.5 Å². The van der Waals surface area contributed by atoms with Crippen molar-refractivity contribution in [1.29, 1.82) is 0 Å². The molecule has 0 aliphatic heterocycles. The van der Waals surface area contributed by atoms with Crippen LogP contribution >= 0.6 is 11.8 Å². The van der Waals surface area contributed by atoms with E-state index in [0.717, 1.165) is 0 Å². The first-order valence-corrected chi connectivity index (χ1v) is 6.39. The van der Waals surface area contributed by atoms with E-state index in [1.54, 1.807) is 13.1 Å². The Balaban J connectivity index is 2.20. The zero-order chi connectivity index (χ0) is 14.7. The van der Waals surface area contributed by atoms with Crippen LogP contribution in [0.15, 0.2) is 31.5 Å². The number of thioether (sulfide) groups is 1. The highest BCUT2D eigenvalue weighted by atomic mass is 32.2. The van der Waals surface area contributed by atoms with Crippen molar-refractivity contribution in [2.75, 3.05) is 0 Å². The van der Waals surface area contributed by atoms with Gasteiger partial charge >= 0.3 is 17.0 Å².